The van der Waals surface area contributed by atoms with Gasteiger partial charge >= 0.3 is 12.1 Å². The molecule has 0 aromatic heterocycles. The van der Waals surface area contributed by atoms with Gasteiger partial charge < -0.3 is 10.4 Å². The summed E-state index contributed by atoms with van der Waals surface area (Å²) in [5.41, 5.74) is -0.316. The number of aliphatic carboxylic acids is 1. The fourth-order valence-corrected chi connectivity index (χ4v) is 2.57. The van der Waals surface area contributed by atoms with E-state index < -0.39 is 23.6 Å². The summed E-state index contributed by atoms with van der Waals surface area (Å²) in [6.07, 6.45) is -1.73. The number of anilines is 1. The summed E-state index contributed by atoms with van der Waals surface area (Å²) in [6.45, 7) is 0. The van der Waals surface area contributed by atoms with Gasteiger partial charge in [-0.1, -0.05) is 12.5 Å². The minimum atomic E-state index is -4.37. The lowest BCUT2D eigenvalue weighted by atomic mass is 9.85. The van der Waals surface area contributed by atoms with E-state index in [2.05, 4.69) is 5.32 Å². The zero-order chi connectivity index (χ0) is 14.8. The molecule has 0 spiro atoms. The molecule has 1 saturated carbocycles. The van der Waals surface area contributed by atoms with Crippen LogP contribution in [0.4, 0.5) is 18.9 Å². The molecule has 1 aliphatic carbocycles. The van der Waals surface area contributed by atoms with Crippen molar-refractivity contribution in [3.8, 4) is 0 Å². The van der Waals surface area contributed by atoms with Crippen molar-refractivity contribution in [2.45, 2.75) is 37.9 Å². The molecule has 2 rings (SSSR count). The van der Waals surface area contributed by atoms with E-state index in [-0.39, 0.29) is 6.04 Å². The van der Waals surface area contributed by atoms with Crippen LogP contribution in [-0.2, 0) is 11.0 Å². The minimum absolute atomic E-state index is 0.0895. The van der Waals surface area contributed by atoms with Gasteiger partial charge in [0, 0.05) is 11.7 Å². The number of benzene rings is 1. The maximum absolute atomic E-state index is 12.6. The molecule has 2 unspecified atom stereocenters. The van der Waals surface area contributed by atoms with Gasteiger partial charge in [-0.25, -0.2) is 0 Å². The average molecular weight is 287 g/mol. The first-order chi connectivity index (χ1) is 9.36. The first-order valence-electron chi connectivity index (χ1n) is 6.53. The second-order valence-corrected chi connectivity index (χ2v) is 5.12. The quantitative estimate of drug-likeness (QED) is 0.890. The molecular formula is C14H16F3NO2. The van der Waals surface area contributed by atoms with Crippen LogP contribution in [0.3, 0.4) is 0 Å². The van der Waals surface area contributed by atoms with Crippen LogP contribution in [0.2, 0.25) is 0 Å². The summed E-state index contributed by atoms with van der Waals surface area (Å²) in [6, 6.07) is 4.91. The molecular weight excluding hydrogens is 271 g/mol. The zero-order valence-electron chi connectivity index (χ0n) is 10.8. The standard InChI is InChI=1S/C14H16F3NO2/c15-14(16,17)10-4-2-6-12(8-10)18-11-5-1-3-9(7-11)13(19)20/h2,4,6,8-9,11,18H,1,3,5,7H2,(H,19,20). The first-order valence-corrected chi connectivity index (χ1v) is 6.53. The molecule has 0 saturated heterocycles. The van der Waals surface area contributed by atoms with Gasteiger partial charge in [-0.05, 0) is 37.5 Å². The summed E-state index contributed by atoms with van der Waals surface area (Å²) in [5, 5.41) is 12.0. The van der Waals surface area contributed by atoms with Crippen LogP contribution in [0.5, 0.6) is 0 Å². The Bertz CT molecular complexity index is 488. The number of hydrogen-bond donors (Lipinski definition) is 2. The molecule has 3 nitrogen and oxygen atoms in total. The maximum atomic E-state index is 12.6. The van der Waals surface area contributed by atoms with Crippen molar-refractivity contribution < 1.29 is 23.1 Å². The van der Waals surface area contributed by atoms with Gasteiger partial charge in [0.25, 0.3) is 0 Å². The van der Waals surface area contributed by atoms with Gasteiger partial charge in [0.15, 0.2) is 0 Å². The molecule has 110 valence electrons. The van der Waals surface area contributed by atoms with Crippen molar-refractivity contribution in [2.75, 3.05) is 5.32 Å². The zero-order valence-corrected chi connectivity index (χ0v) is 10.8. The summed E-state index contributed by atoms with van der Waals surface area (Å²) in [4.78, 5) is 11.0. The highest BCUT2D eigenvalue weighted by Crippen LogP contribution is 2.32. The van der Waals surface area contributed by atoms with Gasteiger partial charge in [0.1, 0.15) is 0 Å². The fourth-order valence-electron chi connectivity index (χ4n) is 2.57. The lowest BCUT2D eigenvalue weighted by Crippen LogP contribution is -2.31. The summed E-state index contributed by atoms with van der Waals surface area (Å²) in [5.74, 6) is -1.24. The van der Waals surface area contributed by atoms with E-state index in [1.165, 1.54) is 6.07 Å². The summed E-state index contributed by atoms with van der Waals surface area (Å²) >= 11 is 0. The molecule has 0 heterocycles. The third kappa shape index (κ3) is 3.65. The minimum Gasteiger partial charge on any atom is -0.481 e. The molecule has 6 heteroatoms. The highest BCUT2D eigenvalue weighted by molar-refractivity contribution is 5.70. The number of halogens is 3. The second kappa shape index (κ2) is 5.73. The lowest BCUT2D eigenvalue weighted by Gasteiger charge is -2.28. The molecule has 2 atom stereocenters. The number of hydrogen-bond acceptors (Lipinski definition) is 2. The van der Waals surface area contributed by atoms with Crippen LogP contribution in [0.25, 0.3) is 0 Å². The van der Waals surface area contributed by atoms with E-state index in [0.717, 1.165) is 25.0 Å². The van der Waals surface area contributed by atoms with E-state index in [0.29, 0.717) is 18.5 Å². The van der Waals surface area contributed by atoms with E-state index in [1.54, 1.807) is 6.07 Å². The van der Waals surface area contributed by atoms with E-state index >= 15 is 0 Å². The highest BCUT2D eigenvalue weighted by Gasteiger charge is 2.31. The molecule has 1 fully saturated rings. The Labute approximate surface area is 114 Å². The number of alkyl halides is 3. The topological polar surface area (TPSA) is 49.3 Å². The highest BCUT2D eigenvalue weighted by atomic mass is 19.4. The van der Waals surface area contributed by atoms with Gasteiger partial charge in [0.2, 0.25) is 0 Å². The largest absolute Gasteiger partial charge is 0.481 e. The number of carboxylic acid groups (broad SMARTS) is 1. The predicted octanol–water partition coefficient (Wildman–Crippen LogP) is 3.76. The Kier molecular flexibility index (Phi) is 4.20. The number of carboxylic acids is 1. The molecule has 2 N–H and O–H groups in total. The van der Waals surface area contributed by atoms with Gasteiger partial charge in [0.05, 0.1) is 11.5 Å². The van der Waals surface area contributed by atoms with Crippen LogP contribution in [0.1, 0.15) is 31.2 Å². The molecule has 0 amide bonds. The Balaban J connectivity index is 2.04. The SMILES string of the molecule is O=C(O)C1CCCC(Nc2cccc(C(F)(F)F)c2)C1. The fraction of sp³-hybridized carbons (Fsp3) is 0.500. The van der Waals surface area contributed by atoms with E-state index in [4.69, 9.17) is 5.11 Å². The van der Waals surface area contributed by atoms with Crippen LogP contribution < -0.4 is 5.32 Å². The number of nitrogens with one attached hydrogen (secondary N) is 1. The number of rotatable bonds is 3. The Hall–Kier alpha value is -1.72. The molecule has 0 radical (unpaired) electrons. The molecule has 1 aromatic carbocycles. The van der Waals surface area contributed by atoms with Crippen LogP contribution in [0, 0.1) is 5.92 Å². The summed E-state index contributed by atoms with van der Waals surface area (Å²) in [7, 11) is 0. The Morgan fingerprint density at radius 3 is 2.70 bits per heavy atom. The van der Waals surface area contributed by atoms with Crippen molar-refractivity contribution in [1.82, 2.24) is 0 Å². The van der Waals surface area contributed by atoms with Crippen LogP contribution in [-0.4, -0.2) is 17.1 Å². The smallest absolute Gasteiger partial charge is 0.416 e. The van der Waals surface area contributed by atoms with Crippen molar-refractivity contribution in [3.05, 3.63) is 29.8 Å². The second-order valence-electron chi connectivity index (χ2n) is 5.12. The average Bonchev–Trinajstić information content (AvgIpc) is 2.38. The number of carbonyl (C=O) groups is 1. The van der Waals surface area contributed by atoms with Crippen LogP contribution >= 0.6 is 0 Å². The Morgan fingerprint density at radius 1 is 1.30 bits per heavy atom. The third-order valence-corrected chi connectivity index (χ3v) is 3.58. The van der Waals surface area contributed by atoms with E-state index in [1.807, 2.05) is 0 Å². The van der Waals surface area contributed by atoms with Crippen molar-refractivity contribution in [2.24, 2.45) is 5.92 Å². The summed E-state index contributed by atoms with van der Waals surface area (Å²) < 4.78 is 37.8. The van der Waals surface area contributed by atoms with Gasteiger partial charge in [-0.3, -0.25) is 4.79 Å². The van der Waals surface area contributed by atoms with Gasteiger partial charge in [-0.15, -0.1) is 0 Å². The van der Waals surface area contributed by atoms with E-state index in [9.17, 15) is 18.0 Å². The molecule has 1 aromatic rings. The molecule has 1 aliphatic rings. The monoisotopic (exact) mass is 287 g/mol. The van der Waals surface area contributed by atoms with Crippen molar-refractivity contribution in [3.63, 3.8) is 0 Å². The van der Waals surface area contributed by atoms with Crippen molar-refractivity contribution in [1.29, 1.82) is 0 Å². The normalized spacial score (nSPS) is 23.4. The Morgan fingerprint density at radius 2 is 2.05 bits per heavy atom. The lowest BCUT2D eigenvalue weighted by molar-refractivity contribution is -0.143. The molecule has 20 heavy (non-hydrogen) atoms. The first kappa shape index (κ1) is 14.7. The van der Waals surface area contributed by atoms with Crippen molar-refractivity contribution >= 4 is 11.7 Å². The van der Waals surface area contributed by atoms with Gasteiger partial charge in [-0.2, -0.15) is 13.2 Å². The predicted molar refractivity (Wildman–Crippen MR) is 68.4 cm³/mol. The maximum Gasteiger partial charge on any atom is 0.416 e. The molecule has 0 bridgehead atoms. The molecule has 0 aliphatic heterocycles. The third-order valence-electron chi connectivity index (χ3n) is 3.58. The van der Waals surface area contributed by atoms with Crippen LogP contribution in [0.15, 0.2) is 24.3 Å².